The first-order valence-corrected chi connectivity index (χ1v) is 6.68. The fraction of sp³-hybridized carbons (Fsp3) is 0.167. The zero-order chi connectivity index (χ0) is 14.7. The van der Waals surface area contributed by atoms with Crippen molar-refractivity contribution in [3.05, 3.63) is 40.1 Å². The Balaban J connectivity index is 2.45. The van der Waals surface area contributed by atoms with E-state index >= 15 is 0 Å². The Morgan fingerprint density at radius 1 is 1.60 bits per heavy atom. The highest BCUT2D eigenvalue weighted by Gasteiger charge is 2.14. The van der Waals surface area contributed by atoms with Gasteiger partial charge in [-0.1, -0.05) is 30.4 Å². The van der Waals surface area contributed by atoms with E-state index in [0.717, 1.165) is 16.1 Å². The minimum Gasteiger partial charge on any atom is -0.370 e. The van der Waals surface area contributed by atoms with E-state index in [1.807, 2.05) is 6.92 Å². The van der Waals surface area contributed by atoms with E-state index < -0.39 is 4.92 Å². The van der Waals surface area contributed by atoms with Crippen molar-refractivity contribution in [2.24, 2.45) is 5.73 Å². The van der Waals surface area contributed by atoms with Crippen molar-refractivity contribution in [3.8, 4) is 10.4 Å². The summed E-state index contributed by atoms with van der Waals surface area (Å²) in [6, 6.07) is 6.41. The van der Waals surface area contributed by atoms with E-state index in [0.29, 0.717) is 11.6 Å². The number of non-ortho nitro benzene ring substituents is 1. The maximum absolute atomic E-state index is 10.8. The average molecular weight is 291 g/mol. The van der Waals surface area contributed by atoms with Crippen LogP contribution in [-0.2, 0) is 6.42 Å². The monoisotopic (exact) mass is 291 g/mol. The van der Waals surface area contributed by atoms with Crippen molar-refractivity contribution in [2.75, 3.05) is 5.32 Å². The Kier molecular flexibility index (Phi) is 3.94. The summed E-state index contributed by atoms with van der Waals surface area (Å²) in [4.78, 5) is 15.6. The van der Waals surface area contributed by atoms with Gasteiger partial charge in [0.2, 0.25) is 0 Å². The predicted molar refractivity (Wildman–Crippen MR) is 79.1 cm³/mol. The molecule has 0 aliphatic heterocycles. The first kappa shape index (κ1) is 13.9. The highest BCUT2D eigenvalue weighted by Crippen LogP contribution is 2.34. The lowest BCUT2D eigenvalue weighted by atomic mass is 10.1. The summed E-state index contributed by atoms with van der Waals surface area (Å²) in [5.74, 6) is -0.188. The molecule has 0 saturated heterocycles. The second-order valence-electron chi connectivity index (χ2n) is 3.99. The second kappa shape index (κ2) is 5.66. The van der Waals surface area contributed by atoms with Gasteiger partial charge in [-0.25, -0.2) is 4.98 Å². The van der Waals surface area contributed by atoms with Gasteiger partial charge in [-0.05, 0) is 6.42 Å². The Bertz CT molecular complexity index is 668. The number of aromatic nitrogens is 1. The van der Waals surface area contributed by atoms with Gasteiger partial charge in [0.1, 0.15) is 0 Å². The normalized spacial score (nSPS) is 10.2. The lowest BCUT2D eigenvalue weighted by Gasteiger charge is -1.99. The van der Waals surface area contributed by atoms with E-state index in [-0.39, 0.29) is 11.6 Å². The Morgan fingerprint density at radius 2 is 2.35 bits per heavy atom. The number of nitrogens with one attached hydrogen (secondary N) is 2. The summed E-state index contributed by atoms with van der Waals surface area (Å²) in [6.07, 6.45) is 0.689. The van der Waals surface area contributed by atoms with Gasteiger partial charge in [0.05, 0.1) is 15.5 Å². The van der Waals surface area contributed by atoms with E-state index in [2.05, 4.69) is 10.3 Å². The standard InChI is InChI=1S/C12H13N5O2S/c1-2-9-10(20-12(15-9)16-11(13)14)7-4-3-5-8(6-7)17(18)19/h3-6H,2H2,1H3,(H4,13,14,15,16). The van der Waals surface area contributed by atoms with E-state index in [1.165, 1.54) is 23.5 Å². The van der Waals surface area contributed by atoms with Crippen LogP contribution in [0.25, 0.3) is 10.4 Å². The van der Waals surface area contributed by atoms with Crippen molar-refractivity contribution >= 4 is 28.1 Å². The average Bonchev–Trinajstić information content (AvgIpc) is 2.81. The lowest BCUT2D eigenvalue weighted by molar-refractivity contribution is -0.384. The number of benzene rings is 1. The zero-order valence-corrected chi connectivity index (χ0v) is 11.5. The molecule has 0 bridgehead atoms. The van der Waals surface area contributed by atoms with Gasteiger partial charge in [-0.3, -0.25) is 15.5 Å². The molecule has 0 atom stereocenters. The topological polar surface area (TPSA) is 118 Å². The summed E-state index contributed by atoms with van der Waals surface area (Å²) in [6.45, 7) is 1.95. The predicted octanol–water partition coefficient (Wildman–Crippen LogP) is 2.59. The van der Waals surface area contributed by atoms with Crippen molar-refractivity contribution in [3.63, 3.8) is 0 Å². The molecule has 0 aliphatic carbocycles. The molecule has 2 aromatic rings. The summed E-state index contributed by atoms with van der Waals surface area (Å²) in [5.41, 5.74) is 6.88. The van der Waals surface area contributed by atoms with Crippen molar-refractivity contribution in [1.82, 2.24) is 4.98 Å². The van der Waals surface area contributed by atoms with Gasteiger partial charge >= 0.3 is 0 Å². The molecule has 1 aromatic heterocycles. The molecule has 0 amide bonds. The van der Waals surface area contributed by atoms with Gasteiger partial charge in [0, 0.05) is 17.7 Å². The largest absolute Gasteiger partial charge is 0.370 e. The SMILES string of the molecule is CCc1nc(NC(=N)N)sc1-c1cccc([N+](=O)[O-])c1. The number of thiazole rings is 1. The molecule has 0 saturated carbocycles. The van der Waals surface area contributed by atoms with Crippen molar-refractivity contribution in [1.29, 1.82) is 5.41 Å². The Labute approximate surface area is 119 Å². The molecule has 1 aromatic carbocycles. The molecule has 0 fully saturated rings. The fourth-order valence-corrected chi connectivity index (χ4v) is 2.81. The van der Waals surface area contributed by atoms with Crippen LogP contribution >= 0.6 is 11.3 Å². The molecule has 7 nitrogen and oxygen atoms in total. The first-order chi connectivity index (χ1) is 9.51. The van der Waals surface area contributed by atoms with Crippen LogP contribution in [0.5, 0.6) is 0 Å². The minimum absolute atomic E-state index is 0.0408. The van der Waals surface area contributed by atoms with Gasteiger partial charge in [0.25, 0.3) is 5.69 Å². The zero-order valence-electron chi connectivity index (χ0n) is 10.7. The molecule has 8 heteroatoms. The molecule has 4 N–H and O–H groups in total. The Hall–Kier alpha value is -2.48. The number of guanidine groups is 1. The second-order valence-corrected chi connectivity index (χ2v) is 4.99. The third-order valence-electron chi connectivity index (χ3n) is 2.59. The number of nitro benzene ring substituents is 1. The maximum Gasteiger partial charge on any atom is 0.270 e. The third kappa shape index (κ3) is 2.91. The molecule has 0 aliphatic rings. The summed E-state index contributed by atoms with van der Waals surface area (Å²) < 4.78 is 0. The van der Waals surface area contributed by atoms with Crippen molar-refractivity contribution < 1.29 is 4.92 Å². The molecule has 0 unspecified atom stereocenters. The Morgan fingerprint density at radius 3 is 2.95 bits per heavy atom. The number of rotatable bonds is 4. The molecule has 104 valence electrons. The quantitative estimate of drug-likeness (QED) is 0.346. The minimum atomic E-state index is -0.426. The van der Waals surface area contributed by atoms with Crippen LogP contribution in [0, 0.1) is 15.5 Å². The van der Waals surface area contributed by atoms with E-state index in [1.54, 1.807) is 12.1 Å². The number of nitrogens with two attached hydrogens (primary N) is 1. The third-order valence-corrected chi connectivity index (χ3v) is 3.66. The molecular formula is C12H13N5O2S. The van der Waals surface area contributed by atoms with Crippen molar-refractivity contribution in [2.45, 2.75) is 13.3 Å². The van der Waals surface area contributed by atoms with Gasteiger partial charge in [-0.15, -0.1) is 0 Å². The molecule has 2 rings (SSSR count). The van der Waals surface area contributed by atoms with Crippen LogP contribution in [0.2, 0.25) is 0 Å². The van der Waals surface area contributed by atoms with Gasteiger partial charge in [0.15, 0.2) is 11.1 Å². The molecule has 0 radical (unpaired) electrons. The fourth-order valence-electron chi connectivity index (χ4n) is 1.75. The number of nitro groups is 1. The molecule has 0 spiro atoms. The number of anilines is 1. The molecule has 1 heterocycles. The smallest absolute Gasteiger partial charge is 0.270 e. The van der Waals surface area contributed by atoms with E-state index in [4.69, 9.17) is 11.1 Å². The maximum atomic E-state index is 10.8. The summed E-state index contributed by atoms with van der Waals surface area (Å²) in [5, 5.41) is 21.2. The highest BCUT2D eigenvalue weighted by molar-refractivity contribution is 7.19. The number of hydrogen-bond donors (Lipinski definition) is 3. The van der Waals surface area contributed by atoms with Crippen LogP contribution in [0.3, 0.4) is 0 Å². The van der Waals surface area contributed by atoms with Crippen LogP contribution in [0.1, 0.15) is 12.6 Å². The van der Waals surface area contributed by atoms with Crippen LogP contribution in [-0.4, -0.2) is 15.9 Å². The van der Waals surface area contributed by atoms with Crippen LogP contribution in [0.15, 0.2) is 24.3 Å². The number of nitrogens with zero attached hydrogens (tertiary/aromatic N) is 2. The van der Waals surface area contributed by atoms with Gasteiger partial charge < -0.3 is 11.1 Å². The van der Waals surface area contributed by atoms with Crippen LogP contribution < -0.4 is 11.1 Å². The molecule has 20 heavy (non-hydrogen) atoms. The summed E-state index contributed by atoms with van der Waals surface area (Å²) in [7, 11) is 0. The van der Waals surface area contributed by atoms with Crippen LogP contribution in [0.4, 0.5) is 10.8 Å². The molecular weight excluding hydrogens is 278 g/mol. The number of aryl methyl sites for hydroxylation is 1. The van der Waals surface area contributed by atoms with E-state index in [9.17, 15) is 10.1 Å². The summed E-state index contributed by atoms with van der Waals surface area (Å²) >= 11 is 1.32. The van der Waals surface area contributed by atoms with Gasteiger partial charge in [-0.2, -0.15) is 0 Å². The number of hydrogen-bond acceptors (Lipinski definition) is 5. The lowest BCUT2D eigenvalue weighted by Crippen LogP contribution is -2.20. The highest BCUT2D eigenvalue weighted by atomic mass is 32.1. The first-order valence-electron chi connectivity index (χ1n) is 5.86.